The summed E-state index contributed by atoms with van der Waals surface area (Å²) in [7, 11) is 0. The second-order valence-corrected chi connectivity index (χ2v) is 6.09. The minimum Gasteiger partial charge on any atom is -0.456 e. The van der Waals surface area contributed by atoms with Crippen LogP contribution in [0.2, 0.25) is 0 Å². The number of hydrogen-bond donors (Lipinski definition) is 1. The van der Waals surface area contributed by atoms with Crippen LogP contribution < -0.4 is 5.32 Å². The van der Waals surface area contributed by atoms with E-state index in [0.29, 0.717) is 30.9 Å². The van der Waals surface area contributed by atoms with Gasteiger partial charge in [0.05, 0.1) is 12.3 Å². The lowest BCUT2D eigenvalue weighted by molar-refractivity contribution is -0.176. The van der Waals surface area contributed by atoms with Gasteiger partial charge in [-0.1, -0.05) is 0 Å². The van der Waals surface area contributed by atoms with Gasteiger partial charge in [-0.05, 0) is 12.8 Å². The molecule has 3 saturated heterocycles. The first-order chi connectivity index (χ1) is 9.66. The van der Waals surface area contributed by atoms with Gasteiger partial charge in [-0.3, -0.25) is 4.79 Å². The molecular formula is C14H18N2O4. The number of nitrogens with zero attached hydrogens (tertiary/aromatic N) is 1. The van der Waals surface area contributed by atoms with Crippen molar-refractivity contribution in [3.8, 4) is 0 Å². The smallest absolute Gasteiger partial charge is 0.333 e. The number of carbonyl (C=O) groups is 2. The van der Waals surface area contributed by atoms with E-state index in [1.165, 1.54) is 6.08 Å². The Bertz CT molecular complexity index is 489. The molecule has 4 heterocycles. The second kappa shape index (κ2) is 4.30. The number of fused-ring (bicyclic) bond motifs is 2. The molecule has 0 radical (unpaired) electrons. The highest BCUT2D eigenvalue weighted by Gasteiger charge is 2.53. The van der Waals surface area contributed by atoms with Gasteiger partial charge in [-0.15, -0.1) is 0 Å². The molecule has 0 saturated carbocycles. The van der Waals surface area contributed by atoms with Crippen LogP contribution in [0.4, 0.5) is 0 Å². The van der Waals surface area contributed by atoms with Crippen molar-refractivity contribution in [2.75, 3.05) is 19.8 Å². The van der Waals surface area contributed by atoms with Gasteiger partial charge in [-0.2, -0.15) is 0 Å². The predicted octanol–water partition coefficient (Wildman–Crippen LogP) is -0.0609. The van der Waals surface area contributed by atoms with Gasteiger partial charge in [0.2, 0.25) is 0 Å². The van der Waals surface area contributed by atoms with Crippen molar-refractivity contribution < 1.29 is 19.1 Å². The minimum atomic E-state index is -0.693. The van der Waals surface area contributed by atoms with E-state index in [4.69, 9.17) is 9.47 Å². The first-order valence-corrected chi connectivity index (χ1v) is 7.26. The zero-order valence-corrected chi connectivity index (χ0v) is 11.3. The van der Waals surface area contributed by atoms with Crippen LogP contribution in [0.15, 0.2) is 11.8 Å². The number of ether oxygens (including phenoxy) is 2. The van der Waals surface area contributed by atoms with Crippen molar-refractivity contribution in [3.63, 3.8) is 0 Å². The topological polar surface area (TPSA) is 67.9 Å². The van der Waals surface area contributed by atoms with Gasteiger partial charge in [0.1, 0.15) is 12.2 Å². The predicted molar refractivity (Wildman–Crippen MR) is 68.6 cm³/mol. The Balaban J connectivity index is 1.61. The number of amides is 1. The maximum absolute atomic E-state index is 12.9. The lowest BCUT2D eigenvalue weighted by Gasteiger charge is -2.46. The largest absolute Gasteiger partial charge is 0.456 e. The van der Waals surface area contributed by atoms with Crippen LogP contribution >= 0.6 is 0 Å². The highest BCUT2D eigenvalue weighted by Crippen LogP contribution is 2.40. The van der Waals surface area contributed by atoms with Crippen molar-refractivity contribution in [2.24, 2.45) is 0 Å². The fourth-order valence-electron chi connectivity index (χ4n) is 3.93. The molecule has 2 atom stereocenters. The quantitative estimate of drug-likeness (QED) is 0.681. The van der Waals surface area contributed by atoms with Gasteiger partial charge in [-0.25, -0.2) is 4.79 Å². The maximum Gasteiger partial charge on any atom is 0.333 e. The summed E-state index contributed by atoms with van der Waals surface area (Å²) in [4.78, 5) is 25.8. The molecule has 6 nitrogen and oxygen atoms in total. The molecule has 1 spiro atoms. The van der Waals surface area contributed by atoms with E-state index in [-0.39, 0.29) is 18.5 Å². The van der Waals surface area contributed by atoms with Crippen LogP contribution in [0.5, 0.6) is 0 Å². The van der Waals surface area contributed by atoms with E-state index in [9.17, 15) is 9.59 Å². The van der Waals surface area contributed by atoms with Crippen molar-refractivity contribution in [1.29, 1.82) is 0 Å². The second-order valence-electron chi connectivity index (χ2n) is 6.09. The molecule has 0 aromatic heterocycles. The molecule has 2 bridgehead atoms. The Morgan fingerprint density at radius 1 is 1.25 bits per heavy atom. The number of piperidine rings is 1. The molecule has 4 rings (SSSR count). The number of nitrogens with one attached hydrogen (secondary N) is 1. The van der Waals surface area contributed by atoms with Crippen molar-refractivity contribution in [3.05, 3.63) is 11.8 Å². The standard InChI is InChI=1S/C14H18N2O4/c17-12-5-11(8-19-12)16-3-4-20-14(13(16)18)6-9-1-2-10(7-14)15-9/h5,9-10,15H,1-4,6-8H2. The summed E-state index contributed by atoms with van der Waals surface area (Å²) in [5.41, 5.74) is -0.0181. The molecule has 1 N–H and O–H groups in total. The minimum absolute atomic E-state index is 0.00620. The Morgan fingerprint density at radius 2 is 2.00 bits per heavy atom. The van der Waals surface area contributed by atoms with Crippen LogP contribution in [0.1, 0.15) is 25.7 Å². The van der Waals surface area contributed by atoms with Crippen molar-refractivity contribution >= 4 is 11.9 Å². The third-order valence-corrected chi connectivity index (χ3v) is 4.81. The molecule has 108 valence electrons. The molecule has 6 heteroatoms. The zero-order valence-electron chi connectivity index (χ0n) is 11.3. The molecule has 4 aliphatic rings. The molecular weight excluding hydrogens is 260 g/mol. The maximum atomic E-state index is 12.9. The molecule has 20 heavy (non-hydrogen) atoms. The molecule has 1 amide bonds. The molecule has 2 unspecified atom stereocenters. The lowest BCUT2D eigenvalue weighted by atomic mass is 9.85. The Morgan fingerprint density at radius 3 is 2.65 bits per heavy atom. The van der Waals surface area contributed by atoms with Crippen LogP contribution in [0.25, 0.3) is 0 Å². The van der Waals surface area contributed by atoms with Gasteiger partial charge in [0.25, 0.3) is 5.91 Å². The lowest BCUT2D eigenvalue weighted by Crippen LogP contribution is -2.62. The average Bonchev–Trinajstić information content (AvgIpc) is 3.00. The van der Waals surface area contributed by atoms with Crippen molar-refractivity contribution in [2.45, 2.75) is 43.4 Å². The van der Waals surface area contributed by atoms with E-state index < -0.39 is 5.60 Å². The van der Waals surface area contributed by atoms with Gasteiger partial charge in [0, 0.05) is 37.5 Å². The summed E-state index contributed by atoms with van der Waals surface area (Å²) in [6.45, 7) is 1.23. The van der Waals surface area contributed by atoms with Gasteiger partial charge < -0.3 is 19.7 Å². The summed E-state index contributed by atoms with van der Waals surface area (Å²) in [5.74, 6) is -0.356. The number of esters is 1. The summed E-state index contributed by atoms with van der Waals surface area (Å²) < 4.78 is 10.9. The Labute approximate surface area is 117 Å². The average molecular weight is 278 g/mol. The van der Waals surface area contributed by atoms with E-state index in [1.807, 2.05) is 0 Å². The number of hydrogen-bond acceptors (Lipinski definition) is 5. The molecule has 0 aromatic carbocycles. The summed E-state index contributed by atoms with van der Waals surface area (Å²) in [6, 6.07) is 0.765. The molecule has 4 aliphatic heterocycles. The Kier molecular flexibility index (Phi) is 2.65. The van der Waals surface area contributed by atoms with E-state index in [1.54, 1.807) is 4.90 Å². The zero-order chi connectivity index (χ0) is 13.7. The summed E-state index contributed by atoms with van der Waals surface area (Å²) >= 11 is 0. The normalized spacial score (nSPS) is 40.2. The number of morpholine rings is 1. The summed E-state index contributed by atoms with van der Waals surface area (Å²) in [5, 5.41) is 3.53. The first kappa shape index (κ1) is 12.3. The highest BCUT2D eigenvalue weighted by molar-refractivity contribution is 5.91. The fourth-order valence-corrected chi connectivity index (χ4v) is 3.93. The third kappa shape index (κ3) is 1.78. The van der Waals surface area contributed by atoms with Gasteiger partial charge in [0.15, 0.2) is 0 Å². The first-order valence-electron chi connectivity index (χ1n) is 7.26. The number of rotatable bonds is 1. The fraction of sp³-hybridized carbons (Fsp3) is 0.714. The van der Waals surface area contributed by atoms with Gasteiger partial charge >= 0.3 is 5.97 Å². The molecule has 0 aliphatic carbocycles. The number of cyclic esters (lactones) is 1. The van der Waals surface area contributed by atoms with Crippen molar-refractivity contribution in [1.82, 2.24) is 10.2 Å². The third-order valence-electron chi connectivity index (χ3n) is 4.81. The summed E-state index contributed by atoms with van der Waals surface area (Å²) in [6.07, 6.45) is 5.13. The van der Waals surface area contributed by atoms with Crippen LogP contribution in [-0.4, -0.2) is 54.2 Å². The van der Waals surface area contributed by atoms with E-state index in [0.717, 1.165) is 25.7 Å². The van der Waals surface area contributed by atoms with Crippen LogP contribution in [0.3, 0.4) is 0 Å². The van der Waals surface area contributed by atoms with E-state index >= 15 is 0 Å². The van der Waals surface area contributed by atoms with Crippen LogP contribution in [0, 0.1) is 0 Å². The monoisotopic (exact) mass is 278 g/mol. The van der Waals surface area contributed by atoms with Crippen LogP contribution in [-0.2, 0) is 19.1 Å². The van der Waals surface area contributed by atoms with E-state index in [2.05, 4.69) is 5.32 Å². The SMILES string of the molecule is O=C1C=C(N2CCOC3(CC4CCC(C3)N4)C2=O)CO1. The highest BCUT2D eigenvalue weighted by atomic mass is 16.5. The molecule has 3 fully saturated rings. The number of carbonyl (C=O) groups excluding carboxylic acids is 2. The molecule has 0 aromatic rings. The Hall–Kier alpha value is -1.40.